The first-order chi connectivity index (χ1) is 17.7. The van der Waals surface area contributed by atoms with E-state index in [0.29, 0.717) is 29.2 Å². The summed E-state index contributed by atoms with van der Waals surface area (Å²) in [5.74, 6) is -0.000915. The second-order valence-corrected chi connectivity index (χ2v) is 11.1. The Kier molecular flexibility index (Phi) is 6.74. The maximum absolute atomic E-state index is 13.2. The smallest absolute Gasteiger partial charge is 0.260 e. The van der Waals surface area contributed by atoms with Crippen LogP contribution in [0.1, 0.15) is 44.0 Å². The lowest BCUT2D eigenvalue weighted by Gasteiger charge is -2.31. The molecule has 5 heterocycles. The number of carbonyl (C=O) groups excluding carboxylic acids is 2. The average Bonchev–Trinajstić information content (AvgIpc) is 3.55. The highest BCUT2D eigenvalue weighted by Gasteiger charge is 2.31. The monoisotopic (exact) mass is 520 g/mol. The molecule has 3 aromatic rings. The van der Waals surface area contributed by atoms with Crippen LogP contribution in [0, 0.1) is 0 Å². The third-order valence-corrected chi connectivity index (χ3v) is 8.20. The molecule has 0 aliphatic carbocycles. The number of fused-ring (bicyclic) bond motifs is 1. The van der Waals surface area contributed by atoms with Gasteiger partial charge in [0.2, 0.25) is 0 Å². The van der Waals surface area contributed by atoms with Gasteiger partial charge >= 0.3 is 0 Å². The Morgan fingerprint density at radius 1 is 1.27 bits per heavy atom. The van der Waals surface area contributed by atoms with Gasteiger partial charge in [-0.1, -0.05) is 0 Å². The van der Waals surface area contributed by atoms with Crippen molar-refractivity contribution in [1.82, 2.24) is 35.4 Å². The topological polar surface area (TPSA) is 130 Å². The summed E-state index contributed by atoms with van der Waals surface area (Å²) in [6, 6.07) is 3.47. The molecule has 0 radical (unpaired) electrons. The lowest BCUT2D eigenvalue weighted by Crippen LogP contribution is -2.43. The number of anilines is 1. The van der Waals surface area contributed by atoms with E-state index in [-0.39, 0.29) is 23.4 Å². The van der Waals surface area contributed by atoms with Crippen molar-refractivity contribution in [2.75, 3.05) is 25.4 Å². The quantitative estimate of drug-likeness (QED) is 0.377. The van der Waals surface area contributed by atoms with Crippen LogP contribution in [0.5, 0.6) is 0 Å². The molecule has 1 fully saturated rings. The van der Waals surface area contributed by atoms with Crippen LogP contribution in [0.4, 0.5) is 5.82 Å². The number of hydrogen-bond donors (Lipinski definition) is 4. The summed E-state index contributed by atoms with van der Waals surface area (Å²) in [6.45, 7) is 8.87. The number of nitrogens with two attached hydrogens (primary N) is 1. The Labute approximate surface area is 219 Å². The molecule has 2 aliphatic heterocycles. The molecule has 5 rings (SSSR count). The molecule has 3 aromatic heterocycles. The summed E-state index contributed by atoms with van der Waals surface area (Å²) in [6.07, 6.45) is 10.9. The van der Waals surface area contributed by atoms with Gasteiger partial charge in [-0.05, 0) is 58.4 Å². The third kappa shape index (κ3) is 5.23. The highest BCUT2D eigenvalue weighted by Crippen LogP contribution is 2.30. The number of nitrogen functional groups attached to an aromatic ring is 1. The van der Waals surface area contributed by atoms with E-state index < -0.39 is 0 Å². The van der Waals surface area contributed by atoms with Crippen LogP contribution in [0.25, 0.3) is 15.3 Å². The van der Waals surface area contributed by atoms with Gasteiger partial charge in [-0.2, -0.15) is 5.10 Å². The van der Waals surface area contributed by atoms with Crippen LogP contribution >= 0.6 is 11.3 Å². The number of nitrogens with one attached hydrogen (secondary N) is 3. The van der Waals surface area contributed by atoms with Crippen molar-refractivity contribution in [1.29, 1.82) is 0 Å². The maximum Gasteiger partial charge on any atom is 0.260 e. The first-order valence-electron chi connectivity index (χ1n) is 12.4. The van der Waals surface area contributed by atoms with Gasteiger partial charge in [-0.25, -0.2) is 9.50 Å². The predicted octanol–water partition coefficient (Wildman–Crippen LogP) is 2.52. The third-order valence-electron chi connectivity index (χ3n) is 7.04. The van der Waals surface area contributed by atoms with Gasteiger partial charge in [0.15, 0.2) is 0 Å². The Bertz CT molecular complexity index is 1390. The number of amides is 2. The molecule has 2 aliphatic rings. The van der Waals surface area contributed by atoms with Crippen LogP contribution < -0.4 is 21.7 Å². The van der Waals surface area contributed by atoms with Crippen molar-refractivity contribution >= 4 is 33.8 Å². The zero-order valence-corrected chi connectivity index (χ0v) is 22.1. The Morgan fingerprint density at radius 3 is 2.84 bits per heavy atom. The lowest BCUT2D eigenvalue weighted by molar-refractivity contribution is -0.117. The van der Waals surface area contributed by atoms with Gasteiger partial charge in [0, 0.05) is 48.5 Å². The Balaban J connectivity index is 1.25. The van der Waals surface area contributed by atoms with Crippen molar-refractivity contribution in [3.63, 3.8) is 0 Å². The molecule has 1 saturated heterocycles. The number of dihydropyridines is 1. The predicted molar refractivity (Wildman–Crippen MR) is 145 cm³/mol. The van der Waals surface area contributed by atoms with Crippen molar-refractivity contribution in [2.45, 2.75) is 45.2 Å². The summed E-state index contributed by atoms with van der Waals surface area (Å²) < 4.78 is 1.68. The van der Waals surface area contributed by atoms with Gasteiger partial charge in [0.1, 0.15) is 10.6 Å². The van der Waals surface area contributed by atoms with E-state index in [9.17, 15) is 9.59 Å². The van der Waals surface area contributed by atoms with Crippen molar-refractivity contribution in [3.05, 3.63) is 59.8 Å². The molecule has 0 bridgehead atoms. The molecule has 37 heavy (non-hydrogen) atoms. The first-order valence-corrected chi connectivity index (χ1v) is 13.2. The highest BCUT2D eigenvalue weighted by atomic mass is 32.1. The van der Waals surface area contributed by atoms with Crippen LogP contribution in [0.2, 0.25) is 0 Å². The number of nitrogens with zero attached hydrogens (tertiary/aromatic N) is 4. The minimum Gasteiger partial charge on any atom is -0.384 e. The molecule has 5 N–H and O–H groups in total. The van der Waals surface area contributed by atoms with Gasteiger partial charge in [-0.3, -0.25) is 14.5 Å². The van der Waals surface area contributed by atoms with E-state index >= 15 is 0 Å². The number of pyridine rings is 1. The summed E-state index contributed by atoms with van der Waals surface area (Å²) in [5.41, 5.74) is 8.33. The van der Waals surface area contributed by atoms with Crippen molar-refractivity contribution in [2.24, 2.45) is 0 Å². The Morgan fingerprint density at radius 2 is 2.11 bits per heavy atom. The fourth-order valence-corrected chi connectivity index (χ4v) is 5.77. The first kappa shape index (κ1) is 25.0. The standard InChI is InChI=1S/C26H32N8O2S/c1-16-20(11-18(13-29-16)23(35)28-8-10-33-9-4-7-26(33,2)3)32-24(36)19-14-31-34-15-21(37-25(19)34)17-5-6-22(27)30-12-17/h5-6,11-16,29H,4,7-10H2,1-3H3,(H2,27,30)(H,28,35)(H,32,36). The molecular weight excluding hydrogens is 488 g/mol. The average molecular weight is 521 g/mol. The zero-order valence-electron chi connectivity index (χ0n) is 21.2. The normalized spacial score (nSPS) is 19.3. The summed E-state index contributed by atoms with van der Waals surface area (Å²) in [5, 5.41) is 13.5. The molecule has 11 heteroatoms. The molecule has 1 atom stereocenters. The van der Waals surface area contributed by atoms with E-state index in [1.807, 2.05) is 19.2 Å². The van der Waals surface area contributed by atoms with Crippen LogP contribution in [-0.4, -0.2) is 62.5 Å². The maximum atomic E-state index is 13.2. The number of likely N-dealkylation sites (tertiary alicyclic amines) is 1. The number of thiazole rings is 1. The Hall–Kier alpha value is -3.70. The highest BCUT2D eigenvalue weighted by molar-refractivity contribution is 7.21. The second kappa shape index (κ2) is 9.98. The molecule has 10 nitrogen and oxygen atoms in total. The fourth-order valence-electron chi connectivity index (χ4n) is 4.72. The van der Waals surface area contributed by atoms with Crippen LogP contribution in [-0.2, 0) is 4.79 Å². The molecule has 2 amide bonds. The number of carbonyl (C=O) groups is 2. The van der Waals surface area contributed by atoms with E-state index in [4.69, 9.17) is 5.73 Å². The van der Waals surface area contributed by atoms with E-state index in [2.05, 4.69) is 44.8 Å². The fraction of sp³-hybridized carbons (Fsp3) is 0.385. The minimum absolute atomic E-state index is 0.156. The van der Waals surface area contributed by atoms with Crippen molar-refractivity contribution < 1.29 is 9.59 Å². The minimum atomic E-state index is -0.281. The van der Waals surface area contributed by atoms with Crippen molar-refractivity contribution in [3.8, 4) is 10.4 Å². The molecule has 194 valence electrons. The molecule has 0 aromatic carbocycles. The largest absolute Gasteiger partial charge is 0.384 e. The SMILES string of the molecule is CC1NC=C(C(=O)NCCN2CCCC2(C)C)C=C1NC(=O)c1cnn2cc(-c3ccc(N)nc3)sc12. The summed E-state index contributed by atoms with van der Waals surface area (Å²) >= 11 is 1.45. The number of rotatable bonds is 7. The molecule has 1 unspecified atom stereocenters. The zero-order chi connectivity index (χ0) is 26.2. The van der Waals surface area contributed by atoms with E-state index in [1.165, 1.54) is 24.2 Å². The van der Waals surface area contributed by atoms with Gasteiger partial charge in [-0.15, -0.1) is 11.3 Å². The molecule has 0 spiro atoms. The van der Waals surface area contributed by atoms with Gasteiger partial charge in [0.25, 0.3) is 11.8 Å². The lowest BCUT2D eigenvalue weighted by atomic mass is 10.0. The molecular formula is C26H32N8O2S. The number of aromatic nitrogens is 3. The second-order valence-electron chi connectivity index (χ2n) is 10.1. The number of hydrogen-bond acceptors (Lipinski definition) is 8. The van der Waals surface area contributed by atoms with E-state index in [1.54, 1.807) is 35.3 Å². The van der Waals surface area contributed by atoms with E-state index in [0.717, 1.165) is 28.4 Å². The van der Waals surface area contributed by atoms with Gasteiger partial charge < -0.3 is 21.7 Å². The van der Waals surface area contributed by atoms with Crippen LogP contribution in [0.3, 0.4) is 0 Å². The van der Waals surface area contributed by atoms with Gasteiger partial charge in [0.05, 0.1) is 28.3 Å². The molecule has 0 saturated carbocycles. The summed E-state index contributed by atoms with van der Waals surface area (Å²) in [7, 11) is 0. The van der Waals surface area contributed by atoms with Crippen LogP contribution in [0.15, 0.2) is 54.3 Å². The summed E-state index contributed by atoms with van der Waals surface area (Å²) in [4.78, 5) is 34.2.